The molecule has 0 aliphatic carbocycles. The van der Waals surface area contributed by atoms with E-state index in [0.717, 1.165) is 42.4 Å². The number of hydrogen-bond donors (Lipinski definition) is 0. The van der Waals surface area contributed by atoms with Gasteiger partial charge in [0, 0.05) is 0 Å². The maximum atomic E-state index is 12.9. The minimum Gasteiger partial charge on any atom is -0.292 e. The number of nitrogens with zero attached hydrogens (tertiary/aromatic N) is 2. The van der Waals surface area contributed by atoms with Crippen LogP contribution in [0.2, 0.25) is 5.02 Å². The number of hydrogen-bond acceptors (Lipinski definition) is 3. The monoisotopic (exact) mass is 360 g/mol. The molecule has 2 aliphatic heterocycles. The SMILES string of the molecule is O=C1CC(N2CCCCC2)C(=O)N1c1cc(C(F)(F)F)ccc1Cl. The van der Waals surface area contributed by atoms with Gasteiger partial charge < -0.3 is 0 Å². The second kappa shape index (κ2) is 6.37. The van der Waals surface area contributed by atoms with Crippen molar-refractivity contribution in [1.82, 2.24) is 4.90 Å². The fraction of sp³-hybridized carbons (Fsp3) is 0.500. The van der Waals surface area contributed by atoms with E-state index in [2.05, 4.69) is 0 Å². The maximum Gasteiger partial charge on any atom is 0.416 e. The molecule has 1 aromatic carbocycles. The number of carbonyl (C=O) groups is 2. The molecule has 1 aromatic rings. The molecule has 2 saturated heterocycles. The summed E-state index contributed by atoms with van der Waals surface area (Å²) in [6.07, 6.45) is -1.62. The number of anilines is 1. The fourth-order valence-corrected chi connectivity index (χ4v) is 3.45. The summed E-state index contributed by atoms with van der Waals surface area (Å²) >= 11 is 5.96. The van der Waals surface area contributed by atoms with E-state index >= 15 is 0 Å². The smallest absolute Gasteiger partial charge is 0.292 e. The van der Waals surface area contributed by atoms with Crippen molar-refractivity contribution in [3.05, 3.63) is 28.8 Å². The minimum absolute atomic E-state index is 0.0224. The number of rotatable bonds is 2. The highest BCUT2D eigenvalue weighted by atomic mass is 35.5. The van der Waals surface area contributed by atoms with E-state index in [1.54, 1.807) is 0 Å². The van der Waals surface area contributed by atoms with Gasteiger partial charge in [0.1, 0.15) is 0 Å². The average Bonchev–Trinajstić information content (AvgIpc) is 2.83. The van der Waals surface area contributed by atoms with Gasteiger partial charge in [0.25, 0.3) is 5.91 Å². The second-order valence-electron chi connectivity index (χ2n) is 6.05. The quantitative estimate of drug-likeness (QED) is 0.758. The van der Waals surface area contributed by atoms with Crippen molar-refractivity contribution in [3.8, 4) is 0 Å². The Morgan fingerprint density at radius 2 is 1.75 bits per heavy atom. The number of likely N-dealkylation sites (tertiary alicyclic amines) is 1. The molecule has 0 saturated carbocycles. The van der Waals surface area contributed by atoms with Crippen LogP contribution in [0.3, 0.4) is 0 Å². The molecular weight excluding hydrogens is 345 g/mol. The average molecular weight is 361 g/mol. The Balaban J connectivity index is 1.91. The maximum absolute atomic E-state index is 12.9. The van der Waals surface area contributed by atoms with Crippen LogP contribution in [0.4, 0.5) is 18.9 Å². The Morgan fingerprint density at radius 1 is 1.08 bits per heavy atom. The van der Waals surface area contributed by atoms with Gasteiger partial charge in [-0.15, -0.1) is 0 Å². The van der Waals surface area contributed by atoms with Crippen molar-refractivity contribution in [3.63, 3.8) is 0 Å². The van der Waals surface area contributed by atoms with Gasteiger partial charge in [-0.3, -0.25) is 14.5 Å². The summed E-state index contributed by atoms with van der Waals surface area (Å²) in [5, 5.41) is -0.0519. The number of amides is 2. The van der Waals surface area contributed by atoms with E-state index in [-0.39, 0.29) is 17.1 Å². The van der Waals surface area contributed by atoms with Crippen molar-refractivity contribution < 1.29 is 22.8 Å². The summed E-state index contributed by atoms with van der Waals surface area (Å²) in [4.78, 5) is 27.7. The molecule has 0 radical (unpaired) electrons. The number of carbonyl (C=O) groups excluding carboxylic acids is 2. The Morgan fingerprint density at radius 3 is 2.38 bits per heavy atom. The molecule has 24 heavy (non-hydrogen) atoms. The molecule has 0 spiro atoms. The van der Waals surface area contributed by atoms with Crippen LogP contribution in [0, 0.1) is 0 Å². The first-order chi connectivity index (χ1) is 11.3. The van der Waals surface area contributed by atoms with E-state index in [4.69, 9.17) is 11.6 Å². The lowest BCUT2D eigenvalue weighted by molar-refractivity contribution is -0.137. The van der Waals surface area contributed by atoms with Crippen LogP contribution in [0.25, 0.3) is 0 Å². The normalized spacial score (nSPS) is 23.2. The Hall–Kier alpha value is -1.60. The van der Waals surface area contributed by atoms with Crippen molar-refractivity contribution in [2.45, 2.75) is 37.9 Å². The lowest BCUT2D eigenvalue weighted by Gasteiger charge is -2.30. The molecule has 1 unspecified atom stereocenters. The van der Waals surface area contributed by atoms with Crippen molar-refractivity contribution in [1.29, 1.82) is 0 Å². The number of alkyl halides is 3. The highest BCUT2D eigenvalue weighted by Gasteiger charge is 2.44. The van der Waals surface area contributed by atoms with Crippen LogP contribution in [0.15, 0.2) is 18.2 Å². The largest absolute Gasteiger partial charge is 0.416 e. The third-order valence-corrected chi connectivity index (χ3v) is 4.79. The summed E-state index contributed by atoms with van der Waals surface area (Å²) < 4.78 is 38.7. The first-order valence-electron chi connectivity index (χ1n) is 7.76. The molecule has 0 aromatic heterocycles. The molecule has 2 fully saturated rings. The van der Waals surface area contributed by atoms with Gasteiger partial charge in [-0.05, 0) is 44.1 Å². The van der Waals surface area contributed by atoms with Crippen LogP contribution in [-0.2, 0) is 15.8 Å². The Bertz CT molecular complexity index is 672. The molecule has 0 N–H and O–H groups in total. The molecule has 1 atom stereocenters. The molecular formula is C16H16ClF3N2O2. The van der Waals surface area contributed by atoms with Crippen LogP contribution >= 0.6 is 11.6 Å². The number of piperidine rings is 1. The van der Waals surface area contributed by atoms with Gasteiger partial charge >= 0.3 is 6.18 Å². The van der Waals surface area contributed by atoms with E-state index in [9.17, 15) is 22.8 Å². The molecule has 2 aliphatic rings. The predicted octanol–water partition coefficient (Wildman–Crippen LogP) is 3.48. The third kappa shape index (κ3) is 3.15. The predicted molar refractivity (Wildman–Crippen MR) is 82.8 cm³/mol. The summed E-state index contributed by atoms with van der Waals surface area (Å²) in [5.74, 6) is -1.01. The minimum atomic E-state index is -4.57. The second-order valence-corrected chi connectivity index (χ2v) is 6.46. The lowest BCUT2D eigenvalue weighted by atomic mass is 10.1. The summed E-state index contributed by atoms with van der Waals surface area (Å²) in [6, 6.07) is 2.05. The van der Waals surface area contributed by atoms with Gasteiger partial charge in [0.2, 0.25) is 5.91 Å². The van der Waals surface area contributed by atoms with Gasteiger partial charge in [-0.2, -0.15) is 13.2 Å². The van der Waals surface area contributed by atoms with Crippen molar-refractivity contribution >= 4 is 29.1 Å². The molecule has 2 heterocycles. The summed E-state index contributed by atoms with van der Waals surface area (Å²) in [7, 11) is 0. The Labute approximate surface area is 142 Å². The van der Waals surface area contributed by atoms with Crippen molar-refractivity contribution in [2.75, 3.05) is 18.0 Å². The highest BCUT2D eigenvalue weighted by molar-refractivity contribution is 6.36. The topological polar surface area (TPSA) is 40.6 Å². The molecule has 0 bridgehead atoms. The van der Waals surface area contributed by atoms with Gasteiger partial charge in [-0.1, -0.05) is 18.0 Å². The van der Waals surface area contributed by atoms with Gasteiger partial charge in [0.15, 0.2) is 0 Å². The number of benzene rings is 1. The highest BCUT2D eigenvalue weighted by Crippen LogP contribution is 2.37. The van der Waals surface area contributed by atoms with E-state index < -0.39 is 29.6 Å². The standard InChI is InChI=1S/C16H16ClF3N2O2/c17-11-5-4-10(16(18,19)20)8-12(11)22-14(23)9-13(15(22)24)21-6-2-1-3-7-21/h4-5,8,13H,1-3,6-7,9H2. The lowest BCUT2D eigenvalue weighted by Crippen LogP contribution is -2.44. The molecule has 3 rings (SSSR count). The molecule has 4 nitrogen and oxygen atoms in total. The van der Waals surface area contributed by atoms with Gasteiger partial charge in [-0.25, -0.2) is 4.90 Å². The molecule has 130 valence electrons. The van der Waals surface area contributed by atoms with Crippen LogP contribution in [0.5, 0.6) is 0 Å². The number of halogens is 4. The summed E-state index contributed by atoms with van der Waals surface area (Å²) in [6.45, 7) is 1.43. The van der Waals surface area contributed by atoms with E-state index in [0.29, 0.717) is 13.1 Å². The van der Waals surface area contributed by atoms with Crippen LogP contribution in [-0.4, -0.2) is 35.8 Å². The van der Waals surface area contributed by atoms with Crippen molar-refractivity contribution in [2.24, 2.45) is 0 Å². The third-order valence-electron chi connectivity index (χ3n) is 4.47. The fourth-order valence-electron chi connectivity index (χ4n) is 3.24. The first kappa shape index (κ1) is 17.2. The molecule has 8 heteroatoms. The zero-order valence-electron chi connectivity index (χ0n) is 12.8. The zero-order chi connectivity index (χ0) is 17.5. The summed E-state index contributed by atoms with van der Waals surface area (Å²) in [5.41, 5.74) is -1.13. The number of imide groups is 1. The van der Waals surface area contributed by atoms with E-state index in [1.165, 1.54) is 0 Å². The first-order valence-corrected chi connectivity index (χ1v) is 8.14. The van der Waals surface area contributed by atoms with E-state index in [1.807, 2.05) is 4.90 Å². The Kier molecular flexibility index (Phi) is 4.57. The van der Waals surface area contributed by atoms with Crippen LogP contribution < -0.4 is 4.90 Å². The van der Waals surface area contributed by atoms with Gasteiger partial charge in [0.05, 0.1) is 28.7 Å². The molecule has 2 amide bonds. The zero-order valence-corrected chi connectivity index (χ0v) is 13.5. The van der Waals surface area contributed by atoms with Crippen LogP contribution in [0.1, 0.15) is 31.2 Å².